The van der Waals surface area contributed by atoms with Gasteiger partial charge in [-0.15, -0.1) is 0 Å². The van der Waals surface area contributed by atoms with Gasteiger partial charge in [-0.1, -0.05) is 0 Å². The van der Waals surface area contributed by atoms with E-state index in [1.165, 1.54) is 0 Å². The van der Waals surface area contributed by atoms with Crippen molar-refractivity contribution < 1.29 is 54.3 Å². The highest BCUT2D eigenvalue weighted by atomic mass is 19.1. The van der Waals surface area contributed by atoms with E-state index < -0.39 is 74.7 Å². The van der Waals surface area contributed by atoms with Crippen molar-refractivity contribution in [2.45, 2.75) is 61.5 Å². The fourth-order valence-electron chi connectivity index (χ4n) is 2.54. The molecule has 2 fully saturated rings. The Morgan fingerprint density at radius 1 is 0.739 bits per heavy atom. The smallest absolute Gasteiger partial charge is 0.228 e. The summed E-state index contributed by atoms with van der Waals surface area (Å²) in [6.45, 7) is -1.45. The fraction of sp³-hybridized carbons (Fsp3) is 1.00. The van der Waals surface area contributed by atoms with Crippen LogP contribution in [0.3, 0.4) is 0 Å². The summed E-state index contributed by atoms with van der Waals surface area (Å²) in [5.74, 6) is 0. The lowest BCUT2D eigenvalue weighted by Crippen LogP contribution is -2.64. The second-order valence-corrected chi connectivity index (χ2v) is 5.49. The van der Waals surface area contributed by atoms with Crippen LogP contribution in [0.2, 0.25) is 0 Å². The van der Waals surface area contributed by atoms with Crippen LogP contribution in [0.15, 0.2) is 0 Å². The summed E-state index contributed by atoms with van der Waals surface area (Å²) < 4.78 is 28.3. The van der Waals surface area contributed by atoms with Crippen LogP contribution in [0.1, 0.15) is 0 Å². The number of rotatable bonds is 4. The first-order valence-corrected chi connectivity index (χ1v) is 7.04. The van der Waals surface area contributed by atoms with Crippen LogP contribution in [0.25, 0.3) is 0 Å². The summed E-state index contributed by atoms with van der Waals surface area (Å²) in [4.78, 5) is 0. The number of alkyl halides is 1. The molecule has 0 amide bonds. The molecule has 2 aliphatic rings. The van der Waals surface area contributed by atoms with Gasteiger partial charge in [-0.2, -0.15) is 0 Å². The van der Waals surface area contributed by atoms with Gasteiger partial charge in [0.1, 0.15) is 48.8 Å². The summed E-state index contributed by atoms with van der Waals surface area (Å²) in [6.07, 6.45) is -16.8. The first kappa shape index (κ1) is 18.9. The van der Waals surface area contributed by atoms with Crippen molar-refractivity contribution in [3.63, 3.8) is 0 Å². The van der Waals surface area contributed by atoms with Crippen LogP contribution >= 0.6 is 0 Å². The molecule has 2 rings (SSSR count). The number of hydrogen-bond donors (Lipinski definition) is 7. The average molecular weight is 344 g/mol. The molecule has 0 spiro atoms. The molecule has 6 unspecified atom stereocenters. The minimum absolute atomic E-state index is 0.687. The summed E-state index contributed by atoms with van der Waals surface area (Å²) in [5, 5.41) is 66.8. The first-order valence-electron chi connectivity index (χ1n) is 7.04. The molecule has 0 bridgehead atoms. The summed E-state index contributed by atoms with van der Waals surface area (Å²) in [7, 11) is 0. The van der Waals surface area contributed by atoms with E-state index in [1.807, 2.05) is 0 Å². The first-order chi connectivity index (χ1) is 10.8. The maximum absolute atomic E-state index is 13.3. The van der Waals surface area contributed by atoms with E-state index in [1.54, 1.807) is 0 Å². The second-order valence-electron chi connectivity index (χ2n) is 5.49. The molecule has 10 atom stereocenters. The topological polar surface area (TPSA) is 169 Å². The molecule has 2 heterocycles. The highest BCUT2D eigenvalue weighted by Gasteiger charge is 2.50. The molecule has 0 aliphatic carbocycles. The van der Waals surface area contributed by atoms with Crippen LogP contribution in [0.5, 0.6) is 0 Å². The lowest BCUT2D eigenvalue weighted by atomic mass is 9.97. The molecule has 0 aromatic carbocycles. The van der Waals surface area contributed by atoms with E-state index >= 15 is 0 Å². The Bertz CT molecular complexity index is 383. The molecular weight excluding hydrogens is 323 g/mol. The monoisotopic (exact) mass is 344 g/mol. The van der Waals surface area contributed by atoms with Crippen LogP contribution in [-0.2, 0) is 14.2 Å². The van der Waals surface area contributed by atoms with Crippen LogP contribution < -0.4 is 0 Å². The van der Waals surface area contributed by atoms with E-state index in [4.69, 9.17) is 14.6 Å². The molecule has 0 radical (unpaired) electrons. The van der Waals surface area contributed by atoms with Crippen molar-refractivity contribution in [1.82, 2.24) is 0 Å². The van der Waals surface area contributed by atoms with E-state index in [9.17, 15) is 35.0 Å². The standard InChI is InChI=1S/C12H21FO10/c13-11-8(19)7(18)10(4(2-15)21-11)23-12-9(20)6(17)5(16)3(1-14)22-12/h3-12,14-20H,1-2H2/t3?,4?,5-,6?,7?,8?,9?,10+,11-,12-/m0/s1. The molecule has 0 saturated carbocycles. The Morgan fingerprint density at radius 2 is 1.35 bits per heavy atom. The Labute approximate surface area is 130 Å². The SMILES string of the molecule is OCC1O[C@@H](O[C@@H]2C(CO)O[C@H](F)C(O)C2O)C(O)C(O)[C@H]1O. The van der Waals surface area contributed by atoms with Crippen molar-refractivity contribution >= 4 is 0 Å². The molecule has 23 heavy (non-hydrogen) atoms. The van der Waals surface area contributed by atoms with Gasteiger partial charge in [0.25, 0.3) is 0 Å². The lowest BCUT2D eigenvalue weighted by Gasteiger charge is -2.44. The fourth-order valence-corrected chi connectivity index (χ4v) is 2.54. The van der Waals surface area contributed by atoms with Gasteiger partial charge in [0.05, 0.1) is 13.2 Å². The Morgan fingerprint density at radius 3 is 1.91 bits per heavy atom. The molecule has 11 heteroatoms. The van der Waals surface area contributed by atoms with Gasteiger partial charge >= 0.3 is 0 Å². The van der Waals surface area contributed by atoms with Gasteiger partial charge < -0.3 is 50.0 Å². The van der Waals surface area contributed by atoms with Crippen molar-refractivity contribution in [2.75, 3.05) is 13.2 Å². The van der Waals surface area contributed by atoms with Gasteiger partial charge in [-0.3, -0.25) is 0 Å². The molecule has 136 valence electrons. The molecule has 0 aromatic rings. The Kier molecular flexibility index (Phi) is 6.24. The maximum Gasteiger partial charge on any atom is 0.228 e. The van der Waals surface area contributed by atoms with Crippen molar-refractivity contribution in [2.24, 2.45) is 0 Å². The zero-order valence-corrected chi connectivity index (χ0v) is 11.9. The maximum atomic E-state index is 13.3. The van der Waals surface area contributed by atoms with Gasteiger partial charge in [-0.25, -0.2) is 4.39 Å². The van der Waals surface area contributed by atoms with E-state index in [0.29, 0.717) is 0 Å². The zero-order valence-electron chi connectivity index (χ0n) is 11.9. The normalized spacial score (nSPS) is 51.7. The van der Waals surface area contributed by atoms with Crippen LogP contribution in [-0.4, -0.2) is 110 Å². The third-order valence-electron chi connectivity index (χ3n) is 3.95. The molecule has 10 nitrogen and oxygen atoms in total. The number of hydrogen-bond acceptors (Lipinski definition) is 10. The predicted molar refractivity (Wildman–Crippen MR) is 67.5 cm³/mol. The molecular formula is C12H21FO10. The number of ether oxygens (including phenoxy) is 3. The quantitative estimate of drug-likeness (QED) is 0.264. The minimum Gasteiger partial charge on any atom is -0.394 e. The van der Waals surface area contributed by atoms with Crippen LogP contribution in [0.4, 0.5) is 4.39 Å². The second kappa shape index (κ2) is 7.61. The predicted octanol–water partition coefficient (Wildman–Crippen LogP) is -4.42. The van der Waals surface area contributed by atoms with Gasteiger partial charge in [0.2, 0.25) is 6.36 Å². The summed E-state index contributed by atoms with van der Waals surface area (Å²) in [5.41, 5.74) is 0. The molecule has 2 saturated heterocycles. The lowest BCUT2D eigenvalue weighted by molar-refractivity contribution is -0.349. The van der Waals surface area contributed by atoms with Crippen molar-refractivity contribution in [1.29, 1.82) is 0 Å². The number of halogens is 1. The van der Waals surface area contributed by atoms with Gasteiger partial charge in [-0.05, 0) is 0 Å². The summed E-state index contributed by atoms with van der Waals surface area (Å²) in [6, 6.07) is 0. The third-order valence-corrected chi connectivity index (χ3v) is 3.95. The highest BCUT2D eigenvalue weighted by Crippen LogP contribution is 2.29. The van der Waals surface area contributed by atoms with Crippen LogP contribution in [0, 0.1) is 0 Å². The van der Waals surface area contributed by atoms with Crippen molar-refractivity contribution in [3.8, 4) is 0 Å². The molecule has 7 N–H and O–H groups in total. The summed E-state index contributed by atoms with van der Waals surface area (Å²) >= 11 is 0. The Balaban J connectivity index is 2.11. The van der Waals surface area contributed by atoms with Gasteiger partial charge in [0, 0.05) is 0 Å². The van der Waals surface area contributed by atoms with E-state index in [2.05, 4.69) is 4.74 Å². The van der Waals surface area contributed by atoms with E-state index in [-0.39, 0.29) is 0 Å². The highest BCUT2D eigenvalue weighted by molar-refractivity contribution is 4.93. The molecule has 0 aromatic heterocycles. The van der Waals surface area contributed by atoms with Gasteiger partial charge in [0.15, 0.2) is 6.29 Å². The minimum atomic E-state index is -2.24. The Hall–Kier alpha value is -0.470. The third kappa shape index (κ3) is 3.64. The average Bonchev–Trinajstić information content (AvgIpc) is 2.55. The molecule has 2 aliphatic heterocycles. The largest absolute Gasteiger partial charge is 0.394 e. The zero-order chi connectivity index (χ0) is 17.3. The van der Waals surface area contributed by atoms with E-state index in [0.717, 1.165) is 0 Å². The van der Waals surface area contributed by atoms with Crippen molar-refractivity contribution in [3.05, 3.63) is 0 Å². The number of aliphatic hydroxyl groups is 7. The number of aliphatic hydroxyl groups excluding tert-OH is 7.